The van der Waals surface area contributed by atoms with Gasteiger partial charge in [-0.05, 0) is 31.9 Å². The third-order valence-electron chi connectivity index (χ3n) is 3.89. The van der Waals surface area contributed by atoms with Crippen LogP contribution < -0.4 is 0 Å². The molecule has 2 fully saturated rings. The topological polar surface area (TPSA) is 91.8 Å². The van der Waals surface area contributed by atoms with Gasteiger partial charge in [0.2, 0.25) is 5.91 Å². The zero-order valence-corrected chi connectivity index (χ0v) is 13.0. The first-order valence-corrected chi connectivity index (χ1v) is 9.41. The van der Waals surface area contributed by atoms with Gasteiger partial charge in [0.15, 0.2) is 9.84 Å². The van der Waals surface area contributed by atoms with Gasteiger partial charge in [0.25, 0.3) is 0 Å². The van der Waals surface area contributed by atoms with Gasteiger partial charge in [-0.25, -0.2) is 8.42 Å². The Morgan fingerprint density at radius 3 is 2.60 bits per heavy atom. The van der Waals surface area contributed by atoms with E-state index in [9.17, 15) is 18.0 Å². The second-order valence-electron chi connectivity index (χ2n) is 5.57. The van der Waals surface area contributed by atoms with Crippen LogP contribution in [-0.2, 0) is 19.4 Å². The first-order chi connectivity index (χ1) is 9.23. The Kier molecular flexibility index (Phi) is 4.34. The number of hydrogen-bond donors (Lipinski definition) is 1. The van der Waals surface area contributed by atoms with Crippen molar-refractivity contribution in [1.29, 1.82) is 0 Å². The number of sulfone groups is 1. The van der Waals surface area contributed by atoms with Crippen LogP contribution >= 0.6 is 11.8 Å². The number of thioether (sulfide) groups is 1. The summed E-state index contributed by atoms with van der Waals surface area (Å²) in [6.07, 6.45) is 1.98. The Balaban J connectivity index is 2.19. The van der Waals surface area contributed by atoms with Gasteiger partial charge in [0, 0.05) is 6.04 Å². The molecule has 0 bridgehead atoms. The number of carboxylic acid groups (broad SMARTS) is 1. The normalized spacial score (nSPS) is 32.1. The number of hydrogen-bond acceptors (Lipinski definition) is 5. The van der Waals surface area contributed by atoms with Crippen LogP contribution in [0.1, 0.15) is 26.2 Å². The van der Waals surface area contributed by atoms with Crippen LogP contribution in [0, 0.1) is 0 Å². The number of carboxylic acids is 1. The van der Waals surface area contributed by atoms with E-state index in [0.29, 0.717) is 12.8 Å². The van der Waals surface area contributed by atoms with E-state index in [0.717, 1.165) is 12.2 Å². The monoisotopic (exact) mass is 321 g/mol. The summed E-state index contributed by atoms with van der Waals surface area (Å²) in [7, 11) is -3.15. The highest BCUT2D eigenvalue weighted by atomic mass is 32.2. The Hall–Kier alpha value is -0.760. The first-order valence-electron chi connectivity index (χ1n) is 6.61. The molecule has 0 aromatic heterocycles. The summed E-state index contributed by atoms with van der Waals surface area (Å²) >= 11 is 1.53. The summed E-state index contributed by atoms with van der Waals surface area (Å²) in [4.78, 5) is 24.9. The molecule has 2 heterocycles. The number of nitrogens with zero attached hydrogens (tertiary/aromatic N) is 1. The zero-order valence-electron chi connectivity index (χ0n) is 11.4. The van der Waals surface area contributed by atoms with Crippen LogP contribution in [0.3, 0.4) is 0 Å². The summed E-state index contributed by atoms with van der Waals surface area (Å²) in [6, 6.07) is -0.498. The summed E-state index contributed by atoms with van der Waals surface area (Å²) in [5, 5.41) is 9.00. The number of amides is 1. The van der Waals surface area contributed by atoms with Crippen LogP contribution in [0.5, 0.6) is 0 Å². The Labute approximate surface area is 122 Å². The van der Waals surface area contributed by atoms with Crippen LogP contribution in [0.4, 0.5) is 0 Å². The van der Waals surface area contributed by atoms with Crippen molar-refractivity contribution in [1.82, 2.24) is 4.90 Å². The van der Waals surface area contributed by atoms with Crippen molar-refractivity contribution in [3.63, 3.8) is 0 Å². The van der Waals surface area contributed by atoms with Gasteiger partial charge in [-0.15, -0.1) is 11.8 Å². The van der Waals surface area contributed by atoms with Gasteiger partial charge in [-0.2, -0.15) is 0 Å². The smallest absolute Gasteiger partial charge is 0.323 e. The predicted octanol–water partition coefficient (Wildman–Crippen LogP) is 0.372. The van der Waals surface area contributed by atoms with Gasteiger partial charge in [-0.3, -0.25) is 9.59 Å². The SMILES string of the molecule is CC1(C(=O)N(CC(=O)O)C2CCS(=O)(=O)C2)CCCS1. The molecule has 2 atom stereocenters. The molecule has 1 N–H and O–H groups in total. The fraction of sp³-hybridized carbons (Fsp3) is 0.833. The maximum absolute atomic E-state index is 12.6. The van der Waals surface area contributed by atoms with Crippen molar-refractivity contribution in [3.05, 3.63) is 0 Å². The molecule has 0 spiro atoms. The third-order valence-corrected chi connectivity index (χ3v) is 7.15. The van der Waals surface area contributed by atoms with Crippen molar-refractivity contribution in [3.8, 4) is 0 Å². The van der Waals surface area contributed by atoms with Crippen LogP contribution in [0.2, 0.25) is 0 Å². The van der Waals surface area contributed by atoms with E-state index in [4.69, 9.17) is 5.11 Å². The summed E-state index contributed by atoms with van der Waals surface area (Å²) in [5.41, 5.74) is 0. The molecule has 0 aromatic rings. The molecule has 8 heteroatoms. The number of rotatable bonds is 4. The quantitative estimate of drug-likeness (QED) is 0.804. The fourth-order valence-electron chi connectivity index (χ4n) is 2.79. The molecule has 2 saturated heterocycles. The van der Waals surface area contributed by atoms with E-state index in [1.165, 1.54) is 16.7 Å². The average molecular weight is 321 g/mol. The number of carbonyl (C=O) groups excluding carboxylic acids is 1. The number of aliphatic carboxylic acids is 1. The molecule has 6 nitrogen and oxygen atoms in total. The van der Waals surface area contributed by atoms with E-state index >= 15 is 0 Å². The maximum Gasteiger partial charge on any atom is 0.323 e. The van der Waals surface area contributed by atoms with E-state index in [2.05, 4.69) is 0 Å². The van der Waals surface area contributed by atoms with Crippen molar-refractivity contribution in [2.24, 2.45) is 0 Å². The molecule has 2 aliphatic rings. The highest BCUT2D eigenvalue weighted by molar-refractivity contribution is 8.01. The minimum absolute atomic E-state index is 0.0327. The first kappa shape index (κ1) is 15.6. The van der Waals surface area contributed by atoms with Gasteiger partial charge in [0.1, 0.15) is 6.54 Å². The lowest BCUT2D eigenvalue weighted by Crippen LogP contribution is -2.51. The minimum atomic E-state index is -3.15. The molecule has 2 rings (SSSR count). The third kappa shape index (κ3) is 3.28. The van der Waals surface area contributed by atoms with E-state index in [1.807, 2.05) is 6.92 Å². The van der Waals surface area contributed by atoms with Gasteiger partial charge < -0.3 is 10.0 Å². The van der Waals surface area contributed by atoms with Crippen molar-refractivity contribution >= 4 is 33.5 Å². The molecule has 0 saturated carbocycles. The predicted molar refractivity (Wildman–Crippen MR) is 76.5 cm³/mol. The highest BCUT2D eigenvalue weighted by Crippen LogP contribution is 2.40. The Morgan fingerprint density at radius 1 is 1.45 bits per heavy atom. The number of carbonyl (C=O) groups is 2. The summed E-state index contributed by atoms with van der Waals surface area (Å²) < 4.78 is 22.5. The Bertz CT molecular complexity index is 510. The van der Waals surface area contributed by atoms with E-state index in [1.54, 1.807) is 0 Å². The van der Waals surface area contributed by atoms with E-state index < -0.39 is 33.1 Å². The molecule has 0 radical (unpaired) electrons. The van der Waals surface area contributed by atoms with Crippen LogP contribution in [0.15, 0.2) is 0 Å². The standard InChI is InChI=1S/C12H19NO5S2/c1-12(4-2-5-19-12)11(16)13(7-10(14)15)9-3-6-20(17,18)8-9/h9H,2-8H2,1H3,(H,14,15). The van der Waals surface area contributed by atoms with Crippen molar-refractivity contribution < 1.29 is 23.1 Å². The van der Waals surface area contributed by atoms with Crippen LogP contribution in [0.25, 0.3) is 0 Å². The summed E-state index contributed by atoms with van der Waals surface area (Å²) in [6.45, 7) is 1.40. The minimum Gasteiger partial charge on any atom is -0.480 e. The molecule has 2 aliphatic heterocycles. The van der Waals surface area contributed by atoms with Gasteiger partial charge >= 0.3 is 5.97 Å². The highest BCUT2D eigenvalue weighted by Gasteiger charge is 2.44. The second kappa shape index (κ2) is 5.55. The van der Waals surface area contributed by atoms with Crippen molar-refractivity contribution in [2.45, 2.75) is 37.0 Å². The molecule has 20 heavy (non-hydrogen) atoms. The van der Waals surface area contributed by atoms with Gasteiger partial charge in [-0.1, -0.05) is 0 Å². The fourth-order valence-corrected chi connectivity index (χ4v) is 5.78. The largest absolute Gasteiger partial charge is 0.480 e. The molecule has 114 valence electrons. The lowest BCUT2D eigenvalue weighted by molar-refractivity contribution is -0.146. The molecule has 0 aliphatic carbocycles. The average Bonchev–Trinajstić information content (AvgIpc) is 2.92. The molecular weight excluding hydrogens is 302 g/mol. The zero-order chi connectivity index (χ0) is 15.0. The van der Waals surface area contributed by atoms with Crippen molar-refractivity contribution in [2.75, 3.05) is 23.8 Å². The maximum atomic E-state index is 12.6. The second-order valence-corrected chi connectivity index (χ2v) is 9.39. The molecular formula is C12H19NO5S2. The van der Waals surface area contributed by atoms with E-state index in [-0.39, 0.29) is 17.4 Å². The lowest BCUT2D eigenvalue weighted by atomic mass is 10.0. The summed E-state index contributed by atoms with van der Waals surface area (Å²) in [5.74, 6) is -0.539. The Morgan fingerprint density at radius 2 is 2.15 bits per heavy atom. The molecule has 1 amide bonds. The van der Waals surface area contributed by atoms with Crippen LogP contribution in [-0.4, -0.2) is 64.9 Å². The molecule has 2 unspecified atom stereocenters. The van der Waals surface area contributed by atoms with Gasteiger partial charge in [0.05, 0.1) is 16.3 Å². The molecule has 0 aromatic carbocycles. The lowest BCUT2D eigenvalue weighted by Gasteiger charge is -2.33.